The number of nitrogens with one attached hydrogen (secondary N) is 2. The van der Waals surface area contributed by atoms with E-state index in [-0.39, 0.29) is 24.0 Å². The van der Waals surface area contributed by atoms with Crippen LogP contribution in [0.2, 0.25) is 0 Å². The molecule has 10 nitrogen and oxygen atoms in total. The van der Waals surface area contributed by atoms with Gasteiger partial charge in [0.05, 0.1) is 18.9 Å². The minimum Gasteiger partial charge on any atom is -0.481 e. The van der Waals surface area contributed by atoms with Gasteiger partial charge in [-0.3, -0.25) is 9.59 Å². The van der Waals surface area contributed by atoms with Crippen molar-refractivity contribution in [3.05, 3.63) is 120 Å². The maximum atomic E-state index is 12.3. The molecule has 0 aliphatic carbocycles. The highest BCUT2D eigenvalue weighted by Crippen LogP contribution is 2.23. The fourth-order valence-corrected chi connectivity index (χ4v) is 6.08. The van der Waals surface area contributed by atoms with E-state index < -0.39 is 35.3 Å². The van der Waals surface area contributed by atoms with Crippen LogP contribution in [0.1, 0.15) is 79.4 Å². The monoisotopic (exact) mass is 780 g/mol. The summed E-state index contributed by atoms with van der Waals surface area (Å²) in [5.74, 6) is -2.07. The lowest BCUT2D eigenvalue weighted by Gasteiger charge is -2.25. The average molecular weight is 781 g/mol. The number of carbonyl (C=O) groups excluding carboxylic acids is 3. The molecule has 0 saturated carbocycles. The van der Waals surface area contributed by atoms with Gasteiger partial charge in [0.1, 0.15) is 11.2 Å². The molecule has 0 bridgehead atoms. The summed E-state index contributed by atoms with van der Waals surface area (Å²) in [5.41, 5.74) is 5.44. The Kier molecular flexibility index (Phi) is 17.3. The molecule has 0 aliphatic rings. The fraction of sp³-hybridized carbons (Fsp3) is 0.404. The number of alkyl carbamates (subject to hydrolysis) is 2. The van der Waals surface area contributed by atoms with Crippen molar-refractivity contribution in [1.29, 1.82) is 0 Å². The van der Waals surface area contributed by atoms with Crippen molar-refractivity contribution in [3.63, 3.8) is 0 Å². The number of carboxylic acid groups (broad SMARTS) is 1. The normalized spacial score (nSPS) is 13.4. The Bertz CT molecular complexity index is 1850. The molecule has 0 radical (unpaired) electrons. The van der Waals surface area contributed by atoms with E-state index >= 15 is 0 Å². The molecule has 0 aromatic heterocycles. The Hall–Kier alpha value is -5.64. The molecular formula is C47H60N2O8. The van der Waals surface area contributed by atoms with Crippen molar-refractivity contribution in [2.45, 2.75) is 104 Å². The van der Waals surface area contributed by atoms with E-state index in [0.717, 1.165) is 33.4 Å². The first-order valence-corrected chi connectivity index (χ1v) is 19.4. The number of aliphatic carboxylic acids is 1. The third kappa shape index (κ3) is 17.4. The first-order valence-electron chi connectivity index (χ1n) is 19.4. The maximum absolute atomic E-state index is 12.3. The topological polar surface area (TPSA) is 140 Å². The number of amides is 2. The summed E-state index contributed by atoms with van der Waals surface area (Å²) in [7, 11) is 1.37. The van der Waals surface area contributed by atoms with Crippen LogP contribution in [0, 0.1) is 11.8 Å². The number of rotatable bonds is 14. The summed E-state index contributed by atoms with van der Waals surface area (Å²) >= 11 is 0. The quantitative estimate of drug-likeness (QED) is 0.0849. The summed E-state index contributed by atoms with van der Waals surface area (Å²) in [6, 6.07) is 36.0. The second kappa shape index (κ2) is 21.6. The molecule has 0 heterocycles. The lowest BCUT2D eigenvalue weighted by molar-refractivity contribution is -0.145. The number of esters is 1. The fourth-order valence-electron chi connectivity index (χ4n) is 6.08. The van der Waals surface area contributed by atoms with E-state index in [9.17, 15) is 24.3 Å². The molecule has 4 aromatic rings. The molecule has 4 atom stereocenters. The molecule has 0 saturated heterocycles. The minimum atomic E-state index is -0.879. The zero-order valence-electron chi connectivity index (χ0n) is 34.8. The molecule has 4 rings (SSSR count). The van der Waals surface area contributed by atoms with E-state index in [1.807, 2.05) is 81.4 Å². The number of carbonyl (C=O) groups is 4. The zero-order chi connectivity index (χ0) is 42.2. The van der Waals surface area contributed by atoms with Crippen LogP contribution in [0.25, 0.3) is 22.3 Å². The number of benzene rings is 4. The summed E-state index contributed by atoms with van der Waals surface area (Å²) in [4.78, 5) is 47.5. The van der Waals surface area contributed by atoms with Crippen molar-refractivity contribution in [2.24, 2.45) is 11.8 Å². The van der Waals surface area contributed by atoms with Crippen LogP contribution in [0.4, 0.5) is 9.59 Å². The van der Waals surface area contributed by atoms with Gasteiger partial charge in [-0.1, -0.05) is 123 Å². The van der Waals surface area contributed by atoms with Crippen molar-refractivity contribution in [3.8, 4) is 22.3 Å². The van der Waals surface area contributed by atoms with Gasteiger partial charge in [0.2, 0.25) is 0 Å². The molecule has 4 unspecified atom stereocenters. The lowest BCUT2D eigenvalue weighted by atomic mass is 9.95. The highest BCUT2D eigenvalue weighted by atomic mass is 16.6. The molecule has 306 valence electrons. The summed E-state index contributed by atoms with van der Waals surface area (Å²) in [5, 5.41) is 15.0. The van der Waals surface area contributed by atoms with Crippen molar-refractivity contribution in [1.82, 2.24) is 10.6 Å². The molecule has 0 spiro atoms. The lowest BCUT2D eigenvalue weighted by Crippen LogP contribution is -2.41. The van der Waals surface area contributed by atoms with E-state index in [2.05, 4.69) is 59.2 Å². The number of hydrogen-bond acceptors (Lipinski definition) is 7. The number of ether oxygens (including phenoxy) is 3. The Morgan fingerprint density at radius 2 is 0.877 bits per heavy atom. The SMILES string of the molecule is CC(CC(Cc1ccc(-c2ccccc2)cc1)NC(=O)OC(C)(C)C)C(=O)O.COC(=O)C(C)CC(Cc1ccc(-c2ccccc2)cc1)NC(=O)OC(C)(C)C. The standard InChI is InChI=1S/C24H31NO4.C23H29NO4/c1-17(22(26)28-5)15-21(25-23(27)29-24(2,3)4)16-18-11-13-20(14-12-18)19-9-7-6-8-10-19;1-16(21(25)26)14-20(24-22(27)28-23(2,3)4)15-17-10-12-19(13-11-17)18-8-6-5-7-9-18/h6-14,17,21H,15-16H2,1-5H3,(H,25,27);5-13,16,20H,14-15H2,1-4H3,(H,24,27)(H,25,26). The van der Waals surface area contributed by atoms with Gasteiger partial charge < -0.3 is 30.0 Å². The van der Waals surface area contributed by atoms with Gasteiger partial charge in [0.25, 0.3) is 0 Å². The number of carboxylic acids is 1. The molecule has 0 fully saturated rings. The van der Waals surface area contributed by atoms with Crippen molar-refractivity contribution >= 4 is 24.1 Å². The van der Waals surface area contributed by atoms with Crippen LogP contribution >= 0.6 is 0 Å². The highest BCUT2D eigenvalue weighted by Gasteiger charge is 2.25. The Morgan fingerprint density at radius 1 is 0.544 bits per heavy atom. The van der Waals surface area contributed by atoms with Crippen LogP contribution in [0.3, 0.4) is 0 Å². The predicted octanol–water partition coefficient (Wildman–Crippen LogP) is 9.89. The third-order valence-electron chi connectivity index (χ3n) is 8.83. The molecule has 10 heteroatoms. The van der Waals surface area contributed by atoms with E-state index in [1.54, 1.807) is 34.6 Å². The van der Waals surface area contributed by atoms with Gasteiger partial charge in [-0.15, -0.1) is 0 Å². The highest BCUT2D eigenvalue weighted by molar-refractivity contribution is 5.73. The molecule has 4 aromatic carbocycles. The van der Waals surface area contributed by atoms with Gasteiger partial charge in [-0.2, -0.15) is 0 Å². The second-order valence-corrected chi connectivity index (χ2v) is 16.4. The van der Waals surface area contributed by atoms with Gasteiger partial charge in [-0.25, -0.2) is 9.59 Å². The third-order valence-corrected chi connectivity index (χ3v) is 8.83. The predicted molar refractivity (Wildman–Crippen MR) is 225 cm³/mol. The minimum absolute atomic E-state index is 0.249. The zero-order valence-corrected chi connectivity index (χ0v) is 34.8. The smallest absolute Gasteiger partial charge is 0.407 e. The van der Waals surface area contributed by atoms with E-state index in [1.165, 1.54) is 7.11 Å². The first-order chi connectivity index (χ1) is 26.8. The Labute approximate surface area is 338 Å². The van der Waals surface area contributed by atoms with Crippen LogP contribution in [-0.4, -0.2) is 59.6 Å². The summed E-state index contributed by atoms with van der Waals surface area (Å²) in [6.07, 6.45) is 0.902. The van der Waals surface area contributed by atoms with Crippen LogP contribution in [-0.2, 0) is 36.6 Å². The van der Waals surface area contributed by atoms with Gasteiger partial charge in [0.15, 0.2) is 0 Å². The Morgan fingerprint density at radius 3 is 1.19 bits per heavy atom. The molecular weight excluding hydrogens is 721 g/mol. The molecule has 2 amide bonds. The van der Waals surface area contributed by atoms with E-state index in [4.69, 9.17) is 14.2 Å². The van der Waals surface area contributed by atoms with Crippen LogP contribution in [0.15, 0.2) is 109 Å². The first kappa shape index (κ1) is 45.7. The maximum Gasteiger partial charge on any atom is 0.407 e. The molecule has 0 aliphatic heterocycles. The number of methoxy groups -OCH3 is 1. The van der Waals surface area contributed by atoms with Crippen LogP contribution in [0.5, 0.6) is 0 Å². The Balaban J connectivity index is 0.000000306. The average Bonchev–Trinajstić information content (AvgIpc) is 3.14. The van der Waals surface area contributed by atoms with Gasteiger partial charge in [-0.05, 0) is 101 Å². The van der Waals surface area contributed by atoms with E-state index in [0.29, 0.717) is 25.7 Å². The largest absolute Gasteiger partial charge is 0.481 e. The van der Waals surface area contributed by atoms with Gasteiger partial charge >= 0.3 is 24.1 Å². The van der Waals surface area contributed by atoms with Gasteiger partial charge in [0, 0.05) is 12.1 Å². The van der Waals surface area contributed by atoms with Crippen molar-refractivity contribution < 1.29 is 38.5 Å². The summed E-state index contributed by atoms with van der Waals surface area (Å²) < 4.78 is 15.5. The second-order valence-electron chi connectivity index (χ2n) is 16.4. The van der Waals surface area contributed by atoms with Crippen molar-refractivity contribution in [2.75, 3.05) is 7.11 Å². The summed E-state index contributed by atoms with van der Waals surface area (Å²) in [6.45, 7) is 14.3. The molecule has 3 N–H and O–H groups in total. The molecule has 57 heavy (non-hydrogen) atoms. The van der Waals surface area contributed by atoms with Crippen LogP contribution < -0.4 is 10.6 Å². The number of hydrogen-bond donors (Lipinski definition) is 3.